The fourth-order valence-electron chi connectivity index (χ4n) is 3.32. The van der Waals surface area contributed by atoms with Gasteiger partial charge >= 0.3 is 5.97 Å². The maximum Gasteiger partial charge on any atom is 0.305 e. The molecule has 0 radical (unpaired) electrons. The molecule has 1 fully saturated rings. The van der Waals surface area contributed by atoms with Gasteiger partial charge in [0, 0.05) is 19.0 Å². The summed E-state index contributed by atoms with van der Waals surface area (Å²) in [6.45, 7) is 0. The molecular weight excluding hydrogens is 308 g/mol. The highest BCUT2D eigenvalue weighted by molar-refractivity contribution is 5.94. The molecule has 1 aliphatic carbocycles. The van der Waals surface area contributed by atoms with Crippen molar-refractivity contribution in [1.29, 1.82) is 0 Å². The van der Waals surface area contributed by atoms with E-state index in [0.717, 1.165) is 31.2 Å². The SMILES string of the molecule is CNC(=O)c1cccc(CCC(=O)NC2(CC(=O)O)CCCC2)c1. The van der Waals surface area contributed by atoms with Gasteiger partial charge in [0.1, 0.15) is 0 Å². The molecule has 0 bridgehead atoms. The Kier molecular flexibility index (Phi) is 5.95. The third-order valence-corrected chi connectivity index (χ3v) is 4.51. The third-order valence-electron chi connectivity index (χ3n) is 4.51. The summed E-state index contributed by atoms with van der Waals surface area (Å²) in [6.07, 6.45) is 4.10. The minimum atomic E-state index is -0.879. The summed E-state index contributed by atoms with van der Waals surface area (Å²) in [4.78, 5) is 34.9. The van der Waals surface area contributed by atoms with Crippen molar-refractivity contribution in [3.63, 3.8) is 0 Å². The quantitative estimate of drug-likeness (QED) is 0.710. The number of carboxylic acids is 1. The van der Waals surface area contributed by atoms with Gasteiger partial charge < -0.3 is 15.7 Å². The van der Waals surface area contributed by atoms with Crippen LogP contribution in [0.25, 0.3) is 0 Å². The molecule has 0 spiro atoms. The summed E-state index contributed by atoms with van der Waals surface area (Å²) in [7, 11) is 1.58. The minimum Gasteiger partial charge on any atom is -0.481 e. The highest BCUT2D eigenvalue weighted by atomic mass is 16.4. The third kappa shape index (κ3) is 4.81. The number of aliphatic carboxylic acids is 1. The highest BCUT2D eigenvalue weighted by Crippen LogP contribution is 2.32. The maximum absolute atomic E-state index is 12.3. The standard InChI is InChI=1S/C18H24N2O4/c1-19-17(24)14-6-4-5-13(11-14)7-8-15(21)20-18(12-16(22)23)9-2-3-10-18/h4-6,11H,2-3,7-10,12H2,1H3,(H,19,24)(H,20,21)(H,22,23). The largest absolute Gasteiger partial charge is 0.481 e. The van der Waals surface area contributed by atoms with E-state index < -0.39 is 11.5 Å². The molecule has 1 aromatic carbocycles. The van der Waals surface area contributed by atoms with Gasteiger partial charge in [-0.2, -0.15) is 0 Å². The number of aryl methyl sites for hydroxylation is 1. The fourth-order valence-corrected chi connectivity index (χ4v) is 3.32. The first-order chi connectivity index (χ1) is 11.4. The minimum absolute atomic E-state index is 0.0229. The van der Waals surface area contributed by atoms with Crippen molar-refractivity contribution in [3.05, 3.63) is 35.4 Å². The molecule has 130 valence electrons. The Labute approximate surface area is 141 Å². The van der Waals surface area contributed by atoms with Gasteiger partial charge in [-0.3, -0.25) is 14.4 Å². The Balaban J connectivity index is 1.93. The van der Waals surface area contributed by atoms with Crippen LogP contribution in [0.2, 0.25) is 0 Å². The topological polar surface area (TPSA) is 95.5 Å². The van der Waals surface area contributed by atoms with Crippen molar-refractivity contribution in [2.45, 2.75) is 50.5 Å². The number of benzene rings is 1. The molecule has 3 N–H and O–H groups in total. The van der Waals surface area contributed by atoms with Crippen LogP contribution in [0.3, 0.4) is 0 Å². The fraction of sp³-hybridized carbons (Fsp3) is 0.500. The molecule has 0 heterocycles. The summed E-state index contributed by atoms with van der Waals surface area (Å²) < 4.78 is 0. The number of hydrogen-bond donors (Lipinski definition) is 3. The van der Waals surface area contributed by atoms with E-state index in [4.69, 9.17) is 5.11 Å². The Morgan fingerprint density at radius 3 is 2.54 bits per heavy atom. The molecule has 24 heavy (non-hydrogen) atoms. The van der Waals surface area contributed by atoms with Gasteiger partial charge in [-0.25, -0.2) is 0 Å². The van der Waals surface area contributed by atoms with Crippen LogP contribution in [0.5, 0.6) is 0 Å². The van der Waals surface area contributed by atoms with Crippen LogP contribution >= 0.6 is 0 Å². The van der Waals surface area contributed by atoms with Gasteiger partial charge in [0.25, 0.3) is 5.91 Å². The Hall–Kier alpha value is -2.37. The Morgan fingerprint density at radius 1 is 1.21 bits per heavy atom. The molecule has 1 aromatic rings. The smallest absolute Gasteiger partial charge is 0.305 e. The number of carbonyl (C=O) groups excluding carboxylic acids is 2. The lowest BCUT2D eigenvalue weighted by atomic mass is 9.92. The number of amides is 2. The zero-order valence-electron chi connectivity index (χ0n) is 13.9. The Bertz CT molecular complexity index is 621. The van der Waals surface area contributed by atoms with Crippen LogP contribution in [0.4, 0.5) is 0 Å². The van der Waals surface area contributed by atoms with Gasteiger partial charge in [-0.05, 0) is 37.0 Å². The Morgan fingerprint density at radius 2 is 1.92 bits per heavy atom. The van der Waals surface area contributed by atoms with Gasteiger partial charge in [0.05, 0.1) is 12.0 Å². The highest BCUT2D eigenvalue weighted by Gasteiger charge is 2.37. The van der Waals surface area contributed by atoms with Crippen LogP contribution in [0.15, 0.2) is 24.3 Å². The van der Waals surface area contributed by atoms with Crippen molar-refractivity contribution >= 4 is 17.8 Å². The molecule has 0 aliphatic heterocycles. The maximum atomic E-state index is 12.3. The number of rotatable bonds is 7. The summed E-state index contributed by atoms with van der Waals surface area (Å²) in [5.74, 6) is -1.17. The van der Waals surface area contributed by atoms with Crippen molar-refractivity contribution in [2.75, 3.05) is 7.05 Å². The van der Waals surface area contributed by atoms with E-state index in [1.807, 2.05) is 6.07 Å². The lowest BCUT2D eigenvalue weighted by Crippen LogP contribution is -2.47. The summed E-state index contributed by atoms with van der Waals surface area (Å²) in [5.41, 5.74) is 0.880. The van der Waals surface area contributed by atoms with E-state index in [-0.39, 0.29) is 24.7 Å². The van der Waals surface area contributed by atoms with Crippen molar-refractivity contribution in [1.82, 2.24) is 10.6 Å². The second-order valence-corrected chi connectivity index (χ2v) is 6.39. The molecule has 0 atom stereocenters. The molecular formula is C18H24N2O4. The molecule has 6 heteroatoms. The molecule has 0 aromatic heterocycles. The van der Waals surface area contributed by atoms with E-state index in [9.17, 15) is 14.4 Å². The average Bonchev–Trinajstić information content (AvgIpc) is 2.99. The second kappa shape index (κ2) is 7.95. The number of carboxylic acid groups (broad SMARTS) is 1. The van der Waals surface area contributed by atoms with Gasteiger partial charge in [-0.1, -0.05) is 25.0 Å². The summed E-state index contributed by atoms with van der Waals surface area (Å²) >= 11 is 0. The number of nitrogens with one attached hydrogen (secondary N) is 2. The lowest BCUT2D eigenvalue weighted by Gasteiger charge is -2.28. The van der Waals surface area contributed by atoms with Crippen LogP contribution in [-0.4, -0.2) is 35.5 Å². The van der Waals surface area contributed by atoms with E-state index in [1.165, 1.54) is 0 Å². The molecule has 6 nitrogen and oxygen atoms in total. The van der Waals surface area contributed by atoms with Crippen LogP contribution in [0, 0.1) is 0 Å². The normalized spacial score (nSPS) is 15.7. The van der Waals surface area contributed by atoms with Crippen LogP contribution in [-0.2, 0) is 16.0 Å². The van der Waals surface area contributed by atoms with Crippen molar-refractivity contribution < 1.29 is 19.5 Å². The first kappa shape index (κ1) is 18.0. The molecule has 0 saturated heterocycles. The summed E-state index contributed by atoms with van der Waals surface area (Å²) in [6, 6.07) is 7.17. The molecule has 1 aliphatic rings. The predicted octanol–water partition coefficient (Wildman–Crippen LogP) is 1.88. The average molecular weight is 332 g/mol. The van der Waals surface area contributed by atoms with Gasteiger partial charge in [-0.15, -0.1) is 0 Å². The lowest BCUT2D eigenvalue weighted by molar-refractivity contribution is -0.139. The zero-order valence-corrected chi connectivity index (χ0v) is 13.9. The van der Waals surface area contributed by atoms with E-state index >= 15 is 0 Å². The first-order valence-corrected chi connectivity index (χ1v) is 8.28. The monoisotopic (exact) mass is 332 g/mol. The number of carbonyl (C=O) groups is 3. The number of hydrogen-bond acceptors (Lipinski definition) is 3. The molecule has 1 saturated carbocycles. The molecule has 2 amide bonds. The van der Waals surface area contributed by atoms with Crippen molar-refractivity contribution in [2.24, 2.45) is 0 Å². The van der Waals surface area contributed by atoms with E-state index in [2.05, 4.69) is 10.6 Å². The van der Waals surface area contributed by atoms with Crippen LogP contribution in [0.1, 0.15) is 54.4 Å². The van der Waals surface area contributed by atoms with Crippen LogP contribution < -0.4 is 10.6 Å². The predicted molar refractivity (Wildman–Crippen MR) is 89.7 cm³/mol. The van der Waals surface area contributed by atoms with Gasteiger partial charge in [0.15, 0.2) is 0 Å². The van der Waals surface area contributed by atoms with Gasteiger partial charge in [0.2, 0.25) is 5.91 Å². The summed E-state index contributed by atoms with van der Waals surface area (Å²) in [5, 5.41) is 14.6. The second-order valence-electron chi connectivity index (χ2n) is 6.39. The zero-order chi connectivity index (χ0) is 17.6. The van der Waals surface area contributed by atoms with E-state index in [1.54, 1.807) is 25.2 Å². The molecule has 0 unspecified atom stereocenters. The van der Waals surface area contributed by atoms with Crippen molar-refractivity contribution in [3.8, 4) is 0 Å². The van der Waals surface area contributed by atoms with E-state index in [0.29, 0.717) is 12.0 Å². The first-order valence-electron chi connectivity index (χ1n) is 8.28. The molecule has 2 rings (SSSR count).